The van der Waals surface area contributed by atoms with Crippen molar-refractivity contribution in [3.05, 3.63) is 40.8 Å². The van der Waals surface area contributed by atoms with Gasteiger partial charge in [0.05, 0.1) is 29.9 Å². The number of aryl methyl sites for hydroxylation is 1. The third-order valence-electron chi connectivity index (χ3n) is 3.07. The minimum Gasteiger partial charge on any atom is -0.384 e. The highest BCUT2D eigenvalue weighted by Gasteiger charge is 2.11. The first-order valence-electron chi connectivity index (χ1n) is 6.90. The molecule has 22 heavy (non-hydrogen) atoms. The van der Waals surface area contributed by atoms with Crippen LogP contribution in [0.5, 0.6) is 0 Å². The molecule has 1 aromatic heterocycles. The van der Waals surface area contributed by atoms with Gasteiger partial charge in [-0.2, -0.15) is 10.5 Å². The average Bonchev–Trinajstić information content (AvgIpc) is 2.94. The highest BCUT2D eigenvalue weighted by molar-refractivity contribution is 7.99. The highest BCUT2D eigenvalue weighted by atomic mass is 32.2. The fraction of sp³-hybridized carbons (Fsp3) is 0.312. The van der Waals surface area contributed by atoms with Gasteiger partial charge in [0, 0.05) is 24.1 Å². The Bertz CT molecular complexity index is 707. The zero-order valence-corrected chi connectivity index (χ0v) is 13.3. The predicted molar refractivity (Wildman–Crippen MR) is 83.5 cm³/mol. The van der Waals surface area contributed by atoms with Crippen LogP contribution >= 0.6 is 11.8 Å². The van der Waals surface area contributed by atoms with Crippen LogP contribution < -0.4 is 0 Å². The average molecular weight is 312 g/mol. The smallest absolute Gasteiger partial charge is 0.122 e. The topological polar surface area (TPSA) is 85.5 Å². The number of benzene rings is 1. The number of H-pyrrole nitrogens is 1. The lowest BCUT2D eigenvalue weighted by Gasteiger charge is -2.02. The second kappa shape index (κ2) is 7.65. The molecule has 0 saturated heterocycles. The van der Waals surface area contributed by atoms with E-state index in [0.29, 0.717) is 17.7 Å². The van der Waals surface area contributed by atoms with E-state index in [2.05, 4.69) is 29.0 Å². The number of hydrogen-bond acceptors (Lipinski definition) is 5. The van der Waals surface area contributed by atoms with Crippen molar-refractivity contribution < 1.29 is 4.74 Å². The largest absolute Gasteiger partial charge is 0.384 e. The molecule has 0 spiro atoms. The van der Waals surface area contributed by atoms with Crippen molar-refractivity contribution in [3.63, 3.8) is 0 Å². The summed E-state index contributed by atoms with van der Waals surface area (Å²) in [6.07, 6.45) is 1.57. The molecule has 0 bridgehead atoms. The molecule has 0 saturated carbocycles. The van der Waals surface area contributed by atoms with E-state index in [9.17, 15) is 0 Å². The van der Waals surface area contributed by atoms with Gasteiger partial charge in [-0.05, 0) is 24.6 Å². The number of methoxy groups -OCH3 is 1. The first kappa shape index (κ1) is 16.1. The van der Waals surface area contributed by atoms with Crippen LogP contribution in [0.15, 0.2) is 28.1 Å². The lowest BCUT2D eigenvalue weighted by molar-refractivity contribution is 0.200. The van der Waals surface area contributed by atoms with Gasteiger partial charge in [0.25, 0.3) is 0 Å². The number of aromatic nitrogens is 2. The summed E-state index contributed by atoms with van der Waals surface area (Å²) in [5, 5.41) is 19.0. The molecule has 2 rings (SSSR count). The molecule has 0 atom stereocenters. The van der Waals surface area contributed by atoms with E-state index in [1.165, 1.54) is 11.8 Å². The minimum absolute atomic E-state index is 0.481. The number of aromatic amines is 1. The molecule has 1 heterocycles. The van der Waals surface area contributed by atoms with E-state index in [1.807, 2.05) is 0 Å². The lowest BCUT2D eigenvalue weighted by atomic mass is 10.1. The molecule has 0 radical (unpaired) electrons. The molecule has 0 aliphatic heterocycles. The summed E-state index contributed by atoms with van der Waals surface area (Å²) in [6, 6.07) is 9.29. The summed E-state index contributed by atoms with van der Waals surface area (Å²) in [6.45, 7) is 2.67. The number of imidazole rings is 1. The molecule has 0 aliphatic carbocycles. The van der Waals surface area contributed by atoms with Crippen molar-refractivity contribution in [1.82, 2.24) is 9.97 Å². The van der Waals surface area contributed by atoms with E-state index in [0.717, 1.165) is 34.3 Å². The van der Waals surface area contributed by atoms with E-state index in [4.69, 9.17) is 15.3 Å². The van der Waals surface area contributed by atoms with Crippen molar-refractivity contribution in [1.29, 1.82) is 10.5 Å². The maximum atomic E-state index is 9.05. The van der Waals surface area contributed by atoms with Gasteiger partial charge >= 0.3 is 0 Å². The Kier molecular flexibility index (Phi) is 5.60. The number of nitrogens with one attached hydrogen (secondary N) is 1. The fourth-order valence-corrected chi connectivity index (χ4v) is 3.05. The molecule has 0 aliphatic rings. The Balaban J connectivity index is 2.28. The summed E-state index contributed by atoms with van der Waals surface area (Å²) in [5.74, 6) is 0.887. The quantitative estimate of drug-likeness (QED) is 0.886. The van der Waals surface area contributed by atoms with Crippen LogP contribution in [0, 0.1) is 22.7 Å². The molecule has 5 nitrogen and oxygen atoms in total. The summed E-state index contributed by atoms with van der Waals surface area (Å²) in [5.41, 5.74) is 2.02. The van der Waals surface area contributed by atoms with Gasteiger partial charge in [0.15, 0.2) is 0 Å². The number of ether oxygens (including phenoxy) is 1. The molecular formula is C16H16N4OS. The van der Waals surface area contributed by atoms with Gasteiger partial charge in [-0.25, -0.2) is 4.98 Å². The van der Waals surface area contributed by atoms with Crippen LogP contribution in [0.1, 0.15) is 29.6 Å². The highest BCUT2D eigenvalue weighted by Crippen LogP contribution is 2.30. The van der Waals surface area contributed by atoms with Crippen LogP contribution in [-0.4, -0.2) is 23.7 Å². The summed E-state index contributed by atoms with van der Waals surface area (Å²) < 4.78 is 5.07. The molecule has 6 heteroatoms. The van der Waals surface area contributed by atoms with Gasteiger partial charge in [-0.1, -0.05) is 18.7 Å². The van der Waals surface area contributed by atoms with E-state index in [-0.39, 0.29) is 0 Å². The summed E-state index contributed by atoms with van der Waals surface area (Å²) in [4.78, 5) is 8.73. The van der Waals surface area contributed by atoms with Crippen molar-refractivity contribution >= 4 is 11.8 Å². The molecule has 0 amide bonds. The van der Waals surface area contributed by atoms with Gasteiger partial charge < -0.3 is 9.72 Å². The van der Waals surface area contributed by atoms with E-state index >= 15 is 0 Å². The Morgan fingerprint density at radius 3 is 2.45 bits per heavy atom. The van der Waals surface area contributed by atoms with Gasteiger partial charge in [-0.3, -0.25) is 0 Å². The van der Waals surface area contributed by atoms with Crippen LogP contribution in [0.25, 0.3) is 0 Å². The molecule has 0 fully saturated rings. The van der Waals surface area contributed by atoms with Crippen LogP contribution in [0.4, 0.5) is 0 Å². The second-order valence-corrected chi connectivity index (χ2v) is 5.70. The Hall–Kier alpha value is -2.28. The minimum atomic E-state index is 0.481. The Labute approximate surface area is 133 Å². The fourth-order valence-electron chi connectivity index (χ4n) is 1.99. The van der Waals surface area contributed by atoms with Gasteiger partial charge in [-0.15, -0.1) is 0 Å². The van der Waals surface area contributed by atoms with E-state index < -0.39 is 0 Å². The predicted octanol–water partition coefficient (Wildman–Crippen LogP) is 3.06. The van der Waals surface area contributed by atoms with Crippen molar-refractivity contribution in [2.75, 3.05) is 13.7 Å². The summed E-state index contributed by atoms with van der Waals surface area (Å²) >= 11 is 1.47. The number of hydrogen-bond donors (Lipinski definition) is 1. The summed E-state index contributed by atoms with van der Waals surface area (Å²) in [7, 11) is 1.66. The standard InChI is InChI=1S/C16H16N4OS/c1-3-14-16(20-15(19-14)4-5-21-2)22-13-7-11(9-17)6-12(8-13)10-18/h6-8H,3-5H2,1-2H3,(H,19,20). The normalized spacial score (nSPS) is 10.2. The lowest BCUT2D eigenvalue weighted by Crippen LogP contribution is -1.96. The molecule has 1 aromatic carbocycles. The monoisotopic (exact) mass is 312 g/mol. The second-order valence-electron chi connectivity index (χ2n) is 4.64. The number of nitriles is 2. The van der Waals surface area contributed by atoms with E-state index in [1.54, 1.807) is 25.3 Å². The Morgan fingerprint density at radius 1 is 1.23 bits per heavy atom. The maximum absolute atomic E-state index is 9.05. The van der Waals surface area contributed by atoms with Crippen LogP contribution in [0.3, 0.4) is 0 Å². The molecule has 2 aromatic rings. The molecule has 1 N–H and O–H groups in total. The molecule has 112 valence electrons. The molecule has 0 unspecified atom stereocenters. The number of nitrogens with zero attached hydrogens (tertiary/aromatic N) is 3. The number of rotatable bonds is 6. The van der Waals surface area contributed by atoms with Crippen LogP contribution in [0.2, 0.25) is 0 Å². The van der Waals surface area contributed by atoms with Crippen molar-refractivity contribution in [2.45, 2.75) is 29.7 Å². The van der Waals surface area contributed by atoms with Gasteiger partial charge in [0.1, 0.15) is 10.9 Å². The van der Waals surface area contributed by atoms with Crippen molar-refractivity contribution in [3.8, 4) is 12.1 Å². The Morgan fingerprint density at radius 2 is 1.91 bits per heavy atom. The third-order valence-corrected chi connectivity index (χ3v) is 4.07. The van der Waals surface area contributed by atoms with Gasteiger partial charge in [0.2, 0.25) is 0 Å². The molecular weight excluding hydrogens is 296 g/mol. The SMILES string of the molecule is CCc1[nH]c(CCOC)nc1Sc1cc(C#N)cc(C#N)c1. The third kappa shape index (κ3) is 3.88. The zero-order chi connectivity index (χ0) is 15.9. The zero-order valence-electron chi connectivity index (χ0n) is 12.5. The first-order valence-corrected chi connectivity index (χ1v) is 7.71. The van der Waals surface area contributed by atoms with Crippen molar-refractivity contribution in [2.24, 2.45) is 0 Å². The first-order chi connectivity index (χ1) is 10.7. The van der Waals surface area contributed by atoms with Crippen LogP contribution in [-0.2, 0) is 17.6 Å². The maximum Gasteiger partial charge on any atom is 0.122 e.